The molecular formula is C26H28Br2N2O3. The van der Waals surface area contributed by atoms with Gasteiger partial charge in [-0.1, -0.05) is 71.7 Å². The van der Waals surface area contributed by atoms with Gasteiger partial charge < -0.3 is 15.0 Å². The van der Waals surface area contributed by atoms with Crippen LogP contribution in [0.15, 0.2) is 69.6 Å². The number of nitrogens with one attached hydrogen (secondary N) is 1. The third-order valence-electron chi connectivity index (χ3n) is 5.42. The molecule has 0 aliphatic carbocycles. The molecule has 3 rings (SSSR count). The van der Waals surface area contributed by atoms with Crippen LogP contribution in [0.3, 0.4) is 0 Å². The van der Waals surface area contributed by atoms with E-state index < -0.39 is 6.04 Å². The van der Waals surface area contributed by atoms with Gasteiger partial charge in [-0.25, -0.2) is 0 Å². The molecule has 1 unspecified atom stereocenters. The zero-order chi connectivity index (χ0) is 23.8. The molecule has 33 heavy (non-hydrogen) atoms. The van der Waals surface area contributed by atoms with Crippen LogP contribution in [0, 0.1) is 0 Å². The van der Waals surface area contributed by atoms with Crippen LogP contribution in [0.1, 0.15) is 32.3 Å². The zero-order valence-electron chi connectivity index (χ0n) is 18.8. The van der Waals surface area contributed by atoms with Crippen molar-refractivity contribution < 1.29 is 14.3 Å². The van der Waals surface area contributed by atoms with Crippen LogP contribution < -0.4 is 10.1 Å². The second-order valence-corrected chi connectivity index (χ2v) is 9.57. The number of hydrogen-bond acceptors (Lipinski definition) is 3. The maximum absolute atomic E-state index is 13.3. The van der Waals surface area contributed by atoms with Crippen molar-refractivity contribution >= 4 is 54.4 Å². The highest BCUT2D eigenvalue weighted by atomic mass is 79.9. The number of ether oxygens (including phenoxy) is 1. The third kappa shape index (κ3) is 6.81. The largest absolute Gasteiger partial charge is 0.483 e. The van der Waals surface area contributed by atoms with Crippen molar-refractivity contribution in [3.63, 3.8) is 0 Å². The lowest BCUT2D eigenvalue weighted by atomic mass is 10.1. The van der Waals surface area contributed by atoms with E-state index in [9.17, 15) is 9.59 Å². The summed E-state index contributed by atoms with van der Waals surface area (Å²) in [7, 11) is 0. The van der Waals surface area contributed by atoms with Gasteiger partial charge in [0, 0.05) is 17.6 Å². The summed E-state index contributed by atoms with van der Waals surface area (Å²) in [6, 6.07) is 18.9. The first-order valence-electron chi connectivity index (χ1n) is 11.0. The summed E-state index contributed by atoms with van der Waals surface area (Å²) in [5.74, 6) is 0.163. The number of rotatable bonds is 10. The number of unbranched alkanes of at least 4 members (excludes halogenated alkanes) is 1. The van der Waals surface area contributed by atoms with Gasteiger partial charge in [-0.3, -0.25) is 9.59 Å². The molecular weight excluding hydrogens is 548 g/mol. The van der Waals surface area contributed by atoms with Crippen molar-refractivity contribution in [1.82, 2.24) is 10.2 Å². The van der Waals surface area contributed by atoms with Crippen molar-refractivity contribution in [1.29, 1.82) is 0 Å². The molecule has 1 atom stereocenters. The Balaban J connectivity index is 1.76. The van der Waals surface area contributed by atoms with Gasteiger partial charge in [0.1, 0.15) is 11.8 Å². The number of nitrogens with zero attached hydrogens (tertiary/aromatic N) is 1. The van der Waals surface area contributed by atoms with Crippen LogP contribution in [-0.4, -0.2) is 35.9 Å². The molecule has 0 aliphatic rings. The molecule has 0 bridgehead atoms. The minimum absolute atomic E-state index is 0.168. The van der Waals surface area contributed by atoms with Gasteiger partial charge in [0.2, 0.25) is 5.91 Å². The van der Waals surface area contributed by atoms with E-state index in [1.165, 1.54) is 0 Å². The number of hydrogen-bond donors (Lipinski definition) is 1. The van der Waals surface area contributed by atoms with Crippen LogP contribution in [-0.2, 0) is 16.1 Å². The van der Waals surface area contributed by atoms with Crippen molar-refractivity contribution in [3.8, 4) is 5.75 Å². The summed E-state index contributed by atoms with van der Waals surface area (Å²) >= 11 is 7.07. The Hall–Kier alpha value is -2.38. The fourth-order valence-electron chi connectivity index (χ4n) is 3.50. The summed E-state index contributed by atoms with van der Waals surface area (Å²) in [5, 5.41) is 5.02. The van der Waals surface area contributed by atoms with Gasteiger partial charge in [-0.2, -0.15) is 0 Å². The number of carbonyl (C=O) groups excluding carboxylic acids is 2. The second-order valence-electron chi connectivity index (χ2n) is 7.86. The Kier molecular flexibility index (Phi) is 9.32. The highest BCUT2D eigenvalue weighted by Gasteiger charge is 2.26. The van der Waals surface area contributed by atoms with Gasteiger partial charge in [-0.05, 0) is 63.8 Å². The molecule has 7 heteroatoms. The van der Waals surface area contributed by atoms with E-state index in [4.69, 9.17) is 4.74 Å². The maximum Gasteiger partial charge on any atom is 0.261 e. The van der Waals surface area contributed by atoms with Crippen molar-refractivity contribution in [2.75, 3.05) is 13.2 Å². The van der Waals surface area contributed by atoms with Gasteiger partial charge in [0.05, 0.1) is 4.47 Å². The molecule has 2 amide bonds. The van der Waals surface area contributed by atoms with E-state index in [1.54, 1.807) is 11.8 Å². The molecule has 0 saturated carbocycles. The number of benzene rings is 3. The summed E-state index contributed by atoms with van der Waals surface area (Å²) in [6.45, 7) is 4.56. The molecule has 0 saturated heterocycles. The van der Waals surface area contributed by atoms with Gasteiger partial charge in [0.15, 0.2) is 6.61 Å². The molecule has 3 aromatic rings. The average molecular weight is 576 g/mol. The first-order valence-corrected chi connectivity index (χ1v) is 12.6. The quantitative estimate of drug-likeness (QED) is 0.298. The lowest BCUT2D eigenvalue weighted by molar-refractivity contribution is -0.142. The first kappa shape index (κ1) is 25.2. The number of carbonyl (C=O) groups is 2. The summed E-state index contributed by atoms with van der Waals surface area (Å²) in [5.41, 5.74) is 0.929. The third-order valence-corrected chi connectivity index (χ3v) is 6.73. The summed E-state index contributed by atoms with van der Waals surface area (Å²) in [4.78, 5) is 27.6. The minimum atomic E-state index is -0.628. The number of fused-ring (bicyclic) bond motifs is 1. The molecule has 0 aliphatic heterocycles. The average Bonchev–Trinajstić information content (AvgIpc) is 2.82. The molecule has 0 radical (unpaired) electrons. The van der Waals surface area contributed by atoms with Crippen LogP contribution in [0.25, 0.3) is 10.8 Å². The molecule has 0 spiro atoms. The van der Waals surface area contributed by atoms with Crippen molar-refractivity contribution in [3.05, 3.63) is 75.2 Å². The molecule has 174 valence electrons. The van der Waals surface area contributed by atoms with Crippen molar-refractivity contribution in [2.24, 2.45) is 0 Å². The fraction of sp³-hybridized carbons (Fsp3) is 0.308. The highest BCUT2D eigenvalue weighted by molar-refractivity contribution is 9.11. The smallest absolute Gasteiger partial charge is 0.261 e. The Labute approximate surface area is 211 Å². The van der Waals surface area contributed by atoms with Crippen molar-refractivity contribution in [2.45, 2.75) is 39.3 Å². The van der Waals surface area contributed by atoms with E-state index in [1.807, 2.05) is 60.7 Å². The predicted octanol–water partition coefficient (Wildman–Crippen LogP) is 6.08. The standard InChI is InChI=1S/C26H28Br2N2O3/c1-3-4-14-29-26(32)18(2)30(16-19-8-7-10-21(27)15-19)24(31)17-33-23-13-12-20-9-5-6-11-22(20)25(23)28/h5-13,15,18H,3-4,14,16-17H2,1-2H3,(H,29,32). The van der Waals surface area contributed by atoms with E-state index in [-0.39, 0.29) is 18.4 Å². The van der Waals surface area contributed by atoms with E-state index in [0.29, 0.717) is 18.8 Å². The Morgan fingerprint density at radius 2 is 1.85 bits per heavy atom. The first-order chi connectivity index (χ1) is 15.9. The lowest BCUT2D eigenvalue weighted by Gasteiger charge is -2.29. The lowest BCUT2D eigenvalue weighted by Crippen LogP contribution is -2.49. The molecule has 1 N–H and O–H groups in total. The van der Waals surface area contributed by atoms with Crippen LogP contribution in [0.2, 0.25) is 0 Å². The van der Waals surface area contributed by atoms with Gasteiger partial charge in [-0.15, -0.1) is 0 Å². The van der Waals surface area contributed by atoms with Crippen LogP contribution in [0.4, 0.5) is 0 Å². The molecule has 5 nitrogen and oxygen atoms in total. The fourth-order valence-corrected chi connectivity index (χ4v) is 4.55. The summed E-state index contributed by atoms with van der Waals surface area (Å²) in [6.07, 6.45) is 1.89. The van der Waals surface area contributed by atoms with Gasteiger partial charge >= 0.3 is 0 Å². The monoisotopic (exact) mass is 574 g/mol. The van der Waals surface area contributed by atoms with E-state index in [2.05, 4.69) is 44.1 Å². The topological polar surface area (TPSA) is 58.6 Å². The van der Waals surface area contributed by atoms with Crippen LogP contribution >= 0.6 is 31.9 Å². The maximum atomic E-state index is 13.3. The highest BCUT2D eigenvalue weighted by Crippen LogP contribution is 2.33. The molecule has 0 fully saturated rings. The van der Waals surface area contributed by atoms with E-state index >= 15 is 0 Å². The Bertz CT molecular complexity index is 1120. The number of halogens is 2. The Morgan fingerprint density at radius 3 is 2.61 bits per heavy atom. The molecule has 3 aromatic carbocycles. The predicted molar refractivity (Wildman–Crippen MR) is 139 cm³/mol. The normalized spacial score (nSPS) is 11.8. The Morgan fingerprint density at radius 1 is 1.06 bits per heavy atom. The van der Waals surface area contributed by atoms with Gasteiger partial charge in [0.25, 0.3) is 5.91 Å². The van der Waals surface area contributed by atoms with Crippen LogP contribution in [0.5, 0.6) is 5.75 Å². The SMILES string of the molecule is CCCCNC(=O)C(C)N(Cc1cccc(Br)c1)C(=O)COc1ccc2ccccc2c1Br. The minimum Gasteiger partial charge on any atom is -0.483 e. The number of amides is 2. The summed E-state index contributed by atoms with van der Waals surface area (Å²) < 4.78 is 7.62. The second kappa shape index (κ2) is 12.2. The zero-order valence-corrected chi connectivity index (χ0v) is 22.0. The molecule has 0 aromatic heterocycles. The molecule has 0 heterocycles. The van der Waals surface area contributed by atoms with E-state index in [0.717, 1.165) is 38.1 Å².